The maximum atomic E-state index is 4.50. The van der Waals surface area contributed by atoms with Crippen molar-refractivity contribution in [1.82, 2.24) is 4.57 Å². The normalized spacial score (nSPS) is 11.7. The Morgan fingerprint density at radius 3 is 2.82 bits per heavy atom. The lowest BCUT2D eigenvalue weighted by Gasteiger charge is -2.00. The van der Waals surface area contributed by atoms with E-state index in [4.69, 9.17) is 0 Å². The molecule has 88 valence electrons. The van der Waals surface area contributed by atoms with Crippen LogP contribution in [0.2, 0.25) is 13.1 Å². The van der Waals surface area contributed by atoms with E-state index in [0.717, 1.165) is 0 Å². The van der Waals surface area contributed by atoms with Crippen molar-refractivity contribution < 1.29 is 0 Å². The van der Waals surface area contributed by atoms with E-state index in [0.29, 0.717) is 6.67 Å². The Kier molecular flexibility index (Phi) is 3.59. The second-order valence-corrected chi connectivity index (χ2v) is 7.28. The van der Waals surface area contributed by atoms with Crippen LogP contribution in [-0.4, -0.2) is 19.2 Å². The first-order valence-electron chi connectivity index (χ1n) is 5.92. The van der Waals surface area contributed by atoms with Gasteiger partial charge in [0.05, 0.1) is 14.3 Å². The molecule has 2 aromatic rings. The van der Waals surface area contributed by atoms with Crippen LogP contribution in [0.5, 0.6) is 0 Å². The summed E-state index contributed by atoms with van der Waals surface area (Å²) in [5.41, 5.74) is 2.41. The smallest absolute Gasteiger partial charge is 0.113 e. The van der Waals surface area contributed by atoms with Crippen molar-refractivity contribution in [3.05, 3.63) is 42.6 Å². The van der Waals surface area contributed by atoms with E-state index in [1.807, 2.05) is 6.08 Å². The van der Waals surface area contributed by atoms with E-state index < -0.39 is 8.80 Å². The summed E-state index contributed by atoms with van der Waals surface area (Å²) in [6.07, 6.45) is 4.02. The number of benzene rings is 1. The van der Waals surface area contributed by atoms with Crippen molar-refractivity contribution in [2.45, 2.75) is 19.8 Å². The molecule has 1 aromatic carbocycles. The van der Waals surface area contributed by atoms with Gasteiger partial charge < -0.3 is 4.57 Å². The van der Waals surface area contributed by atoms with E-state index in [1.54, 1.807) is 0 Å². The lowest BCUT2D eigenvalue weighted by atomic mass is 10.2. The summed E-state index contributed by atoms with van der Waals surface area (Å²) < 4.78 is 2.18. The quantitative estimate of drug-likeness (QED) is 0.578. The lowest BCUT2D eigenvalue weighted by Crippen LogP contribution is -2.03. The fourth-order valence-electron chi connectivity index (χ4n) is 1.90. The molecule has 0 aliphatic rings. The SMILES string of the molecule is C=Cc1cn(C/N=C/[SiH](C)C)c2ccccc12. The van der Waals surface area contributed by atoms with Gasteiger partial charge in [-0.3, -0.25) is 4.99 Å². The summed E-state index contributed by atoms with van der Waals surface area (Å²) in [5.74, 6) is 2.13. The van der Waals surface area contributed by atoms with Gasteiger partial charge in [0, 0.05) is 11.6 Å². The minimum atomic E-state index is -0.700. The predicted octanol–water partition coefficient (Wildman–Crippen LogP) is 3.34. The maximum absolute atomic E-state index is 4.50. The molecule has 0 saturated heterocycles. The van der Waals surface area contributed by atoms with E-state index in [9.17, 15) is 0 Å². The molecule has 0 aliphatic carbocycles. The van der Waals surface area contributed by atoms with E-state index in [-0.39, 0.29) is 0 Å². The minimum Gasteiger partial charge on any atom is -0.327 e. The molecule has 1 heterocycles. The highest BCUT2D eigenvalue weighted by Gasteiger charge is 2.04. The molecule has 0 N–H and O–H groups in total. The fourth-order valence-corrected chi connectivity index (χ4v) is 2.42. The Balaban J connectivity index is 2.37. The molecule has 3 heteroatoms. The van der Waals surface area contributed by atoms with Crippen LogP contribution in [0.25, 0.3) is 17.0 Å². The highest BCUT2D eigenvalue weighted by molar-refractivity contribution is 6.83. The number of fused-ring (bicyclic) bond motifs is 1. The number of aliphatic imine (C=N–C) groups is 1. The highest BCUT2D eigenvalue weighted by Crippen LogP contribution is 2.21. The molecule has 0 aliphatic heterocycles. The lowest BCUT2D eigenvalue weighted by molar-refractivity contribution is 0.770. The summed E-state index contributed by atoms with van der Waals surface area (Å²) >= 11 is 0. The average molecular weight is 242 g/mol. The van der Waals surface area contributed by atoms with Crippen LogP contribution in [0, 0.1) is 0 Å². The van der Waals surface area contributed by atoms with Crippen molar-refractivity contribution in [3.63, 3.8) is 0 Å². The summed E-state index contributed by atoms with van der Waals surface area (Å²) in [5, 5.41) is 1.25. The zero-order valence-electron chi connectivity index (χ0n) is 10.4. The van der Waals surface area contributed by atoms with Gasteiger partial charge in [0.15, 0.2) is 0 Å². The molecule has 1 aromatic heterocycles. The topological polar surface area (TPSA) is 17.3 Å². The second kappa shape index (κ2) is 5.14. The van der Waals surface area contributed by atoms with Crippen molar-refractivity contribution in [3.8, 4) is 0 Å². The Bertz CT molecular complexity index is 552. The number of nitrogens with zero attached hydrogens (tertiary/aromatic N) is 2. The predicted molar refractivity (Wildman–Crippen MR) is 79.4 cm³/mol. The second-order valence-electron chi connectivity index (χ2n) is 4.49. The monoisotopic (exact) mass is 242 g/mol. The number of rotatable bonds is 4. The van der Waals surface area contributed by atoms with Gasteiger partial charge in [-0.05, 0) is 17.5 Å². The molecule has 0 saturated carbocycles. The average Bonchev–Trinajstić information content (AvgIpc) is 2.68. The van der Waals surface area contributed by atoms with Crippen molar-refractivity contribution in [1.29, 1.82) is 0 Å². The van der Waals surface area contributed by atoms with E-state index in [2.05, 4.69) is 65.5 Å². The van der Waals surface area contributed by atoms with Gasteiger partial charge in [-0.15, -0.1) is 0 Å². The third kappa shape index (κ3) is 2.56. The van der Waals surface area contributed by atoms with Crippen LogP contribution in [0.3, 0.4) is 0 Å². The fraction of sp³-hybridized carbons (Fsp3) is 0.214. The standard InChI is InChI=1S/C14H18N2Si/c1-4-12-9-16(10-15-11-17(2)3)14-8-6-5-7-13(12)14/h4-9,11,17H,1,10H2,2-3H3/b15-11+. The molecule has 0 radical (unpaired) electrons. The van der Waals surface area contributed by atoms with Gasteiger partial charge in [-0.2, -0.15) is 0 Å². The Hall–Kier alpha value is -1.61. The van der Waals surface area contributed by atoms with Crippen LogP contribution in [0.15, 0.2) is 42.0 Å². The molecule has 0 amide bonds. The third-order valence-corrected chi connectivity index (χ3v) is 3.48. The van der Waals surface area contributed by atoms with Gasteiger partial charge in [0.2, 0.25) is 0 Å². The molecule has 2 rings (SSSR count). The molecule has 0 unspecified atom stereocenters. The van der Waals surface area contributed by atoms with Crippen LogP contribution < -0.4 is 0 Å². The molecule has 17 heavy (non-hydrogen) atoms. The third-order valence-electron chi connectivity index (χ3n) is 2.68. The van der Waals surface area contributed by atoms with E-state index in [1.165, 1.54) is 16.5 Å². The van der Waals surface area contributed by atoms with Crippen LogP contribution in [-0.2, 0) is 6.67 Å². The van der Waals surface area contributed by atoms with Crippen LogP contribution in [0.1, 0.15) is 5.56 Å². The molecule has 0 fully saturated rings. The van der Waals surface area contributed by atoms with Crippen LogP contribution >= 0.6 is 0 Å². The molecule has 0 atom stereocenters. The van der Waals surface area contributed by atoms with Gasteiger partial charge in [-0.1, -0.05) is 43.9 Å². The summed E-state index contributed by atoms with van der Waals surface area (Å²) in [4.78, 5) is 4.50. The number of hydrogen-bond acceptors (Lipinski definition) is 1. The number of hydrogen-bond donors (Lipinski definition) is 0. The maximum Gasteiger partial charge on any atom is 0.113 e. The molecular weight excluding hydrogens is 224 g/mol. The first kappa shape index (κ1) is 11.9. The zero-order chi connectivity index (χ0) is 12.3. The van der Waals surface area contributed by atoms with E-state index >= 15 is 0 Å². The first-order valence-corrected chi connectivity index (χ1v) is 8.90. The first-order chi connectivity index (χ1) is 8.22. The highest BCUT2D eigenvalue weighted by atomic mass is 28.3. The Morgan fingerprint density at radius 1 is 1.35 bits per heavy atom. The summed E-state index contributed by atoms with van der Waals surface area (Å²) in [6.45, 7) is 9.11. The van der Waals surface area contributed by atoms with Gasteiger partial charge >= 0.3 is 0 Å². The van der Waals surface area contributed by atoms with Gasteiger partial charge in [0.25, 0.3) is 0 Å². The Morgan fingerprint density at radius 2 is 2.12 bits per heavy atom. The molecular formula is C14H18N2Si. The number of aromatic nitrogens is 1. The van der Waals surface area contributed by atoms with Crippen molar-refractivity contribution in [2.24, 2.45) is 4.99 Å². The summed E-state index contributed by atoms with van der Waals surface area (Å²) in [6, 6.07) is 8.38. The minimum absolute atomic E-state index is 0.700. The summed E-state index contributed by atoms with van der Waals surface area (Å²) in [7, 11) is -0.700. The molecule has 0 bridgehead atoms. The largest absolute Gasteiger partial charge is 0.327 e. The van der Waals surface area contributed by atoms with Crippen molar-refractivity contribution in [2.75, 3.05) is 0 Å². The number of para-hydroxylation sites is 1. The van der Waals surface area contributed by atoms with Gasteiger partial charge in [-0.25, -0.2) is 0 Å². The zero-order valence-corrected chi connectivity index (χ0v) is 11.6. The van der Waals surface area contributed by atoms with Gasteiger partial charge in [0.1, 0.15) is 6.67 Å². The van der Waals surface area contributed by atoms with Crippen molar-refractivity contribution >= 4 is 31.6 Å². The molecule has 2 nitrogen and oxygen atoms in total. The Labute approximate surface area is 104 Å². The van der Waals surface area contributed by atoms with Crippen LogP contribution in [0.4, 0.5) is 0 Å². The molecule has 0 spiro atoms.